The zero-order valence-electron chi connectivity index (χ0n) is 13.8. The van der Waals surface area contributed by atoms with Gasteiger partial charge in [-0.05, 0) is 35.7 Å². The van der Waals surface area contributed by atoms with Crippen molar-refractivity contribution in [2.24, 2.45) is 0 Å². The van der Waals surface area contributed by atoms with Crippen molar-refractivity contribution in [2.75, 3.05) is 6.61 Å². The predicted molar refractivity (Wildman–Crippen MR) is 90.9 cm³/mol. The van der Waals surface area contributed by atoms with Gasteiger partial charge in [-0.1, -0.05) is 38.1 Å². The molecule has 2 rings (SSSR count). The second kappa shape index (κ2) is 8.09. The van der Waals surface area contributed by atoms with Gasteiger partial charge >= 0.3 is 0 Å². The molecule has 0 spiro atoms. The van der Waals surface area contributed by atoms with E-state index >= 15 is 0 Å². The molecule has 0 aliphatic rings. The number of nitrogens with one attached hydrogen (secondary N) is 2. The van der Waals surface area contributed by atoms with E-state index in [4.69, 9.17) is 4.74 Å². The second-order valence-corrected chi connectivity index (χ2v) is 7.28. The third-order valence-corrected chi connectivity index (χ3v) is 4.64. The van der Waals surface area contributed by atoms with Crippen LogP contribution in [-0.4, -0.2) is 20.9 Å². The van der Waals surface area contributed by atoms with Crippen molar-refractivity contribution in [3.63, 3.8) is 0 Å². The maximum absolute atomic E-state index is 13.4. The normalized spacial score (nSPS) is 11.4. The van der Waals surface area contributed by atoms with Crippen LogP contribution in [0.3, 0.4) is 0 Å². The molecular weight excluding hydrogens is 347 g/mol. The van der Waals surface area contributed by atoms with Gasteiger partial charge in [0.1, 0.15) is 0 Å². The number of halogens is 1. The van der Waals surface area contributed by atoms with Gasteiger partial charge in [-0.25, -0.2) is 12.8 Å². The molecule has 0 unspecified atom stereocenters. The zero-order chi connectivity index (χ0) is 18.4. The molecule has 8 heteroatoms. The minimum Gasteiger partial charge on any atom is -0.481 e. The average Bonchev–Trinajstić information content (AvgIpc) is 2.59. The van der Waals surface area contributed by atoms with Gasteiger partial charge in [-0.2, -0.15) is 0 Å². The van der Waals surface area contributed by atoms with E-state index < -0.39 is 28.4 Å². The highest BCUT2D eigenvalue weighted by Crippen LogP contribution is 2.17. The minimum absolute atomic E-state index is 0.0206. The Labute approximate surface area is 146 Å². The molecule has 0 aliphatic carbocycles. The fourth-order valence-electron chi connectivity index (χ4n) is 1.96. The Kier molecular flexibility index (Phi) is 6.11. The topological polar surface area (TPSA) is 84.5 Å². The molecule has 2 aromatic rings. The first-order valence-corrected chi connectivity index (χ1v) is 9.06. The summed E-state index contributed by atoms with van der Waals surface area (Å²) >= 11 is 0. The van der Waals surface area contributed by atoms with E-state index in [1.165, 1.54) is 30.3 Å². The predicted octanol–water partition coefficient (Wildman–Crippen LogP) is 2.34. The Bertz CT molecular complexity index is 836. The van der Waals surface area contributed by atoms with Gasteiger partial charge < -0.3 is 4.74 Å². The van der Waals surface area contributed by atoms with Crippen LogP contribution in [0, 0.1) is 5.82 Å². The molecule has 134 valence electrons. The molecule has 6 nitrogen and oxygen atoms in total. The third-order valence-electron chi connectivity index (χ3n) is 3.38. The summed E-state index contributed by atoms with van der Waals surface area (Å²) in [5, 5.41) is 0. The van der Waals surface area contributed by atoms with Gasteiger partial charge in [0.2, 0.25) is 0 Å². The number of carbonyl (C=O) groups excluding carboxylic acids is 1. The van der Waals surface area contributed by atoms with Gasteiger partial charge in [-0.15, -0.1) is 4.83 Å². The highest BCUT2D eigenvalue weighted by molar-refractivity contribution is 7.89. The molecule has 0 saturated carbocycles. The van der Waals surface area contributed by atoms with Crippen LogP contribution in [0.5, 0.6) is 5.75 Å². The largest absolute Gasteiger partial charge is 0.481 e. The van der Waals surface area contributed by atoms with Crippen molar-refractivity contribution in [3.05, 3.63) is 59.9 Å². The summed E-state index contributed by atoms with van der Waals surface area (Å²) in [5.74, 6) is -1.18. The smallest absolute Gasteiger partial charge is 0.272 e. The molecule has 0 bridgehead atoms. The second-order valence-electron chi connectivity index (χ2n) is 5.60. The Morgan fingerprint density at radius 2 is 1.76 bits per heavy atom. The molecule has 2 N–H and O–H groups in total. The monoisotopic (exact) mass is 366 g/mol. The van der Waals surface area contributed by atoms with Crippen LogP contribution in [-0.2, 0) is 14.8 Å². The van der Waals surface area contributed by atoms with Crippen LogP contribution in [0.4, 0.5) is 4.39 Å². The van der Waals surface area contributed by atoms with Gasteiger partial charge in [-0.3, -0.25) is 10.2 Å². The van der Waals surface area contributed by atoms with Crippen LogP contribution in [0.25, 0.3) is 0 Å². The van der Waals surface area contributed by atoms with Crippen molar-refractivity contribution in [3.8, 4) is 5.75 Å². The van der Waals surface area contributed by atoms with Gasteiger partial charge in [0.25, 0.3) is 15.9 Å². The maximum atomic E-state index is 13.4. The Balaban J connectivity index is 1.90. The van der Waals surface area contributed by atoms with Gasteiger partial charge in [0.15, 0.2) is 18.2 Å². The van der Waals surface area contributed by atoms with Crippen LogP contribution >= 0.6 is 0 Å². The quantitative estimate of drug-likeness (QED) is 0.737. The summed E-state index contributed by atoms with van der Waals surface area (Å²) < 4.78 is 42.6. The molecule has 0 fully saturated rings. The number of benzene rings is 2. The molecule has 0 aliphatic heterocycles. The Morgan fingerprint density at radius 3 is 2.36 bits per heavy atom. The SMILES string of the molecule is CC(C)c1ccc(S(=O)(=O)NNC(=O)COc2ccccc2F)cc1. The molecule has 0 saturated heterocycles. The van der Waals surface area contributed by atoms with Gasteiger partial charge in [0.05, 0.1) is 4.90 Å². The van der Waals surface area contributed by atoms with Crippen molar-refractivity contribution >= 4 is 15.9 Å². The first-order valence-electron chi connectivity index (χ1n) is 7.57. The number of hydrazine groups is 1. The van der Waals surface area contributed by atoms with Crippen LogP contribution in [0.15, 0.2) is 53.4 Å². The van der Waals surface area contributed by atoms with E-state index in [9.17, 15) is 17.6 Å². The van der Waals surface area contributed by atoms with Crippen molar-refractivity contribution in [2.45, 2.75) is 24.7 Å². The van der Waals surface area contributed by atoms with Crippen LogP contribution < -0.4 is 15.0 Å². The average molecular weight is 366 g/mol. The number of para-hydroxylation sites is 1. The molecule has 0 radical (unpaired) electrons. The van der Waals surface area contributed by atoms with E-state index in [1.807, 2.05) is 24.1 Å². The fraction of sp³-hybridized carbons (Fsp3) is 0.235. The molecule has 25 heavy (non-hydrogen) atoms. The number of ether oxygens (including phenoxy) is 1. The van der Waals surface area contributed by atoms with Crippen molar-refractivity contribution in [1.82, 2.24) is 10.3 Å². The van der Waals surface area contributed by atoms with Crippen LogP contribution in [0.1, 0.15) is 25.3 Å². The molecule has 1 amide bonds. The first-order chi connectivity index (χ1) is 11.8. The van der Waals surface area contributed by atoms with E-state index in [0.717, 1.165) is 5.56 Å². The molecule has 0 atom stereocenters. The van der Waals surface area contributed by atoms with E-state index in [-0.39, 0.29) is 16.6 Å². The van der Waals surface area contributed by atoms with Gasteiger partial charge in [0, 0.05) is 0 Å². The van der Waals surface area contributed by atoms with Crippen LogP contribution in [0.2, 0.25) is 0 Å². The summed E-state index contributed by atoms with van der Waals surface area (Å²) in [6, 6.07) is 11.9. The number of hydrogen-bond donors (Lipinski definition) is 2. The summed E-state index contributed by atoms with van der Waals surface area (Å²) in [6.45, 7) is 3.46. The maximum Gasteiger partial charge on any atom is 0.272 e. The Hall–Kier alpha value is -2.45. The number of rotatable bonds is 7. The molecular formula is C17H19FN2O4S. The minimum atomic E-state index is -3.90. The molecule has 0 heterocycles. The Morgan fingerprint density at radius 1 is 1.12 bits per heavy atom. The standard InChI is InChI=1S/C17H19FN2O4S/c1-12(2)13-7-9-14(10-8-13)25(22,23)20-19-17(21)11-24-16-6-4-3-5-15(16)18/h3-10,12,20H,11H2,1-2H3,(H,19,21). The summed E-state index contributed by atoms with van der Waals surface area (Å²) in [6.07, 6.45) is 0. The zero-order valence-corrected chi connectivity index (χ0v) is 14.6. The van der Waals surface area contributed by atoms with Crippen molar-refractivity contribution < 1.29 is 22.3 Å². The molecule has 2 aromatic carbocycles. The number of carbonyl (C=O) groups is 1. The van der Waals surface area contributed by atoms with Crippen molar-refractivity contribution in [1.29, 1.82) is 0 Å². The number of hydrogen-bond acceptors (Lipinski definition) is 4. The summed E-state index contributed by atoms with van der Waals surface area (Å²) in [5.41, 5.74) is 3.03. The lowest BCUT2D eigenvalue weighted by Gasteiger charge is -2.11. The van der Waals surface area contributed by atoms with E-state index in [1.54, 1.807) is 18.2 Å². The van der Waals surface area contributed by atoms with E-state index in [0.29, 0.717) is 0 Å². The number of sulfonamides is 1. The number of amides is 1. The lowest BCUT2D eigenvalue weighted by atomic mass is 10.0. The molecule has 0 aromatic heterocycles. The van der Waals surface area contributed by atoms with E-state index in [2.05, 4.69) is 0 Å². The first kappa shape index (κ1) is 18.9. The third kappa shape index (κ3) is 5.27. The lowest BCUT2D eigenvalue weighted by molar-refractivity contribution is -0.123. The lowest BCUT2D eigenvalue weighted by Crippen LogP contribution is -2.43. The highest BCUT2D eigenvalue weighted by Gasteiger charge is 2.16. The summed E-state index contributed by atoms with van der Waals surface area (Å²) in [4.78, 5) is 13.7. The highest BCUT2D eigenvalue weighted by atomic mass is 32.2. The fourth-order valence-corrected chi connectivity index (χ4v) is 2.82. The summed E-state index contributed by atoms with van der Waals surface area (Å²) in [7, 11) is -3.90.